The third-order valence-corrected chi connectivity index (χ3v) is 4.26. The number of carbonyl (C=O) groups excluding carboxylic acids is 2. The second kappa shape index (κ2) is 8.97. The van der Waals surface area contributed by atoms with Crippen LogP contribution in [-0.4, -0.2) is 21.6 Å². The number of nitrogens with one attached hydrogen (secondary N) is 2. The van der Waals surface area contributed by atoms with E-state index >= 15 is 0 Å². The Hall–Kier alpha value is -3.74. The molecule has 0 aliphatic heterocycles. The topological polar surface area (TPSA) is 93.1 Å². The molecule has 0 spiro atoms. The zero-order valence-corrected chi connectivity index (χ0v) is 16.3. The van der Waals surface area contributed by atoms with E-state index in [1.807, 2.05) is 44.2 Å². The lowest BCUT2D eigenvalue weighted by atomic mass is 10.2. The van der Waals surface area contributed by atoms with Crippen LogP contribution >= 0.6 is 0 Å². The highest BCUT2D eigenvalue weighted by Crippen LogP contribution is 2.11. The summed E-state index contributed by atoms with van der Waals surface area (Å²) in [4.78, 5) is 36.6. The molecule has 7 nitrogen and oxygen atoms in total. The summed E-state index contributed by atoms with van der Waals surface area (Å²) in [6, 6.07) is 17.4. The number of aryl methyl sites for hydroxylation is 3. The van der Waals surface area contributed by atoms with Crippen LogP contribution in [0.3, 0.4) is 0 Å². The molecule has 7 heteroatoms. The molecule has 0 fully saturated rings. The second-order valence-electron chi connectivity index (χ2n) is 6.77. The maximum absolute atomic E-state index is 12.4. The molecule has 1 aromatic heterocycles. The SMILES string of the molecule is Cc1ccc(NC(=O)c2ccc(=O)n(CCC(=O)Nc3cccc(C)c3)n2)cc1. The van der Waals surface area contributed by atoms with E-state index in [9.17, 15) is 14.4 Å². The van der Waals surface area contributed by atoms with Crippen LogP contribution in [0.1, 0.15) is 28.0 Å². The van der Waals surface area contributed by atoms with Crippen LogP contribution < -0.4 is 16.2 Å². The summed E-state index contributed by atoms with van der Waals surface area (Å²) in [5.74, 6) is -0.661. The van der Waals surface area contributed by atoms with Crippen molar-refractivity contribution >= 4 is 23.2 Å². The van der Waals surface area contributed by atoms with E-state index in [1.165, 1.54) is 12.1 Å². The van der Waals surface area contributed by atoms with Crippen molar-refractivity contribution in [2.45, 2.75) is 26.8 Å². The summed E-state index contributed by atoms with van der Waals surface area (Å²) < 4.78 is 1.12. The number of carbonyl (C=O) groups is 2. The third-order valence-electron chi connectivity index (χ3n) is 4.26. The maximum Gasteiger partial charge on any atom is 0.276 e. The molecule has 0 aliphatic rings. The zero-order valence-electron chi connectivity index (χ0n) is 16.3. The summed E-state index contributed by atoms with van der Waals surface area (Å²) in [5, 5.41) is 9.62. The lowest BCUT2D eigenvalue weighted by molar-refractivity contribution is -0.116. The number of hydrogen-bond acceptors (Lipinski definition) is 4. The molecule has 0 saturated heterocycles. The molecule has 148 valence electrons. The van der Waals surface area contributed by atoms with Crippen molar-refractivity contribution in [1.29, 1.82) is 0 Å². The number of aromatic nitrogens is 2. The van der Waals surface area contributed by atoms with Gasteiger partial charge in [0.1, 0.15) is 5.69 Å². The van der Waals surface area contributed by atoms with Gasteiger partial charge in [-0.05, 0) is 49.7 Å². The fraction of sp³-hybridized carbons (Fsp3) is 0.182. The predicted octanol–water partition coefficient (Wildman–Crippen LogP) is 3.14. The lowest BCUT2D eigenvalue weighted by Crippen LogP contribution is -2.28. The molecule has 1 heterocycles. The number of nitrogens with zero attached hydrogens (tertiary/aromatic N) is 2. The lowest BCUT2D eigenvalue weighted by Gasteiger charge is -2.09. The summed E-state index contributed by atoms with van der Waals surface area (Å²) in [6.07, 6.45) is 0.0594. The average molecular weight is 390 g/mol. The van der Waals surface area contributed by atoms with E-state index in [0.717, 1.165) is 15.8 Å². The first-order valence-corrected chi connectivity index (χ1v) is 9.23. The van der Waals surface area contributed by atoms with Crippen molar-refractivity contribution in [2.75, 3.05) is 10.6 Å². The van der Waals surface area contributed by atoms with Crippen LogP contribution in [0, 0.1) is 13.8 Å². The van der Waals surface area contributed by atoms with Crippen LogP contribution in [-0.2, 0) is 11.3 Å². The molecule has 0 aliphatic carbocycles. The normalized spacial score (nSPS) is 10.4. The first-order chi connectivity index (χ1) is 13.9. The fourth-order valence-electron chi connectivity index (χ4n) is 2.72. The smallest absolute Gasteiger partial charge is 0.276 e. The molecule has 29 heavy (non-hydrogen) atoms. The Labute approximate surface area is 168 Å². The highest BCUT2D eigenvalue weighted by Gasteiger charge is 2.11. The minimum Gasteiger partial charge on any atom is -0.326 e. The number of anilines is 2. The van der Waals surface area contributed by atoms with Crippen molar-refractivity contribution in [2.24, 2.45) is 0 Å². The van der Waals surface area contributed by atoms with Crippen LogP contribution in [0.4, 0.5) is 11.4 Å². The Bertz CT molecular complexity index is 1090. The van der Waals surface area contributed by atoms with Gasteiger partial charge in [-0.25, -0.2) is 4.68 Å². The molecular formula is C22H22N4O3. The molecule has 0 bridgehead atoms. The highest BCUT2D eigenvalue weighted by molar-refractivity contribution is 6.02. The third kappa shape index (κ3) is 5.62. The van der Waals surface area contributed by atoms with Gasteiger partial charge in [0.2, 0.25) is 5.91 Å². The van der Waals surface area contributed by atoms with Crippen molar-refractivity contribution in [3.63, 3.8) is 0 Å². The van der Waals surface area contributed by atoms with Crippen LogP contribution in [0.2, 0.25) is 0 Å². The van der Waals surface area contributed by atoms with E-state index in [4.69, 9.17) is 0 Å². The standard InChI is InChI=1S/C22H22N4O3/c1-15-6-8-17(9-7-15)24-22(29)19-10-11-21(28)26(25-19)13-12-20(27)23-18-5-3-4-16(2)14-18/h3-11,14H,12-13H2,1-2H3,(H,23,27)(H,24,29). The molecule has 3 rings (SSSR count). The first kappa shape index (κ1) is 20.0. The predicted molar refractivity (Wildman–Crippen MR) is 112 cm³/mol. The Morgan fingerprint density at radius 3 is 2.38 bits per heavy atom. The number of rotatable bonds is 6. The first-order valence-electron chi connectivity index (χ1n) is 9.23. The summed E-state index contributed by atoms with van der Waals surface area (Å²) in [7, 11) is 0. The molecular weight excluding hydrogens is 368 g/mol. The Morgan fingerprint density at radius 1 is 0.897 bits per heavy atom. The summed E-state index contributed by atoms with van der Waals surface area (Å²) >= 11 is 0. The Morgan fingerprint density at radius 2 is 1.66 bits per heavy atom. The van der Waals surface area contributed by atoms with Gasteiger partial charge in [0.25, 0.3) is 11.5 Å². The Kier molecular flexibility index (Phi) is 6.19. The number of amides is 2. The van der Waals surface area contributed by atoms with Crippen molar-refractivity contribution in [3.8, 4) is 0 Å². The number of hydrogen-bond donors (Lipinski definition) is 2. The molecule has 0 unspecified atom stereocenters. The van der Waals surface area contributed by atoms with Gasteiger partial charge >= 0.3 is 0 Å². The van der Waals surface area contributed by atoms with Gasteiger partial charge < -0.3 is 10.6 Å². The Balaban J connectivity index is 1.64. The molecule has 0 saturated carbocycles. The van der Waals surface area contributed by atoms with Gasteiger partial charge in [-0.1, -0.05) is 29.8 Å². The van der Waals surface area contributed by atoms with E-state index in [0.29, 0.717) is 11.4 Å². The minimum atomic E-state index is -0.424. The molecule has 3 aromatic rings. The highest BCUT2D eigenvalue weighted by atomic mass is 16.2. The monoisotopic (exact) mass is 390 g/mol. The molecule has 0 atom stereocenters. The zero-order chi connectivity index (χ0) is 20.8. The van der Waals surface area contributed by atoms with E-state index in [-0.39, 0.29) is 30.1 Å². The molecule has 2 amide bonds. The van der Waals surface area contributed by atoms with Crippen molar-refractivity contribution < 1.29 is 9.59 Å². The van der Waals surface area contributed by atoms with Gasteiger partial charge in [-0.2, -0.15) is 5.10 Å². The van der Waals surface area contributed by atoms with Crippen LogP contribution in [0.25, 0.3) is 0 Å². The average Bonchev–Trinajstić information content (AvgIpc) is 2.69. The molecule has 0 radical (unpaired) electrons. The van der Waals surface area contributed by atoms with Gasteiger partial charge in [-0.3, -0.25) is 14.4 Å². The van der Waals surface area contributed by atoms with Crippen molar-refractivity contribution in [3.05, 3.63) is 87.8 Å². The van der Waals surface area contributed by atoms with E-state index in [2.05, 4.69) is 15.7 Å². The van der Waals surface area contributed by atoms with Gasteiger partial charge in [-0.15, -0.1) is 0 Å². The van der Waals surface area contributed by atoms with Gasteiger partial charge in [0, 0.05) is 23.9 Å². The van der Waals surface area contributed by atoms with Gasteiger partial charge in [0.05, 0.1) is 6.54 Å². The molecule has 2 aromatic carbocycles. The second-order valence-corrected chi connectivity index (χ2v) is 6.77. The van der Waals surface area contributed by atoms with E-state index in [1.54, 1.807) is 18.2 Å². The van der Waals surface area contributed by atoms with Crippen molar-refractivity contribution in [1.82, 2.24) is 9.78 Å². The number of benzene rings is 2. The van der Waals surface area contributed by atoms with Crippen LogP contribution in [0.15, 0.2) is 65.5 Å². The maximum atomic E-state index is 12.4. The quantitative estimate of drug-likeness (QED) is 0.676. The summed E-state index contributed by atoms with van der Waals surface area (Å²) in [5.41, 5.74) is 3.18. The largest absolute Gasteiger partial charge is 0.326 e. The summed E-state index contributed by atoms with van der Waals surface area (Å²) in [6.45, 7) is 3.96. The van der Waals surface area contributed by atoms with E-state index < -0.39 is 5.91 Å². The molecule has 2 N–H and O–H groups in total. The fourth-order valence-corrected chi connectivity index (χ4v) is 2.72. The minimum absolute atomic E-state index is 0.0594. The van der Waals surface area contributed by atoms with Gasteiger partial charge in [0.15, 0.2) is 0 Å². The van der Waals surface area contributed by atoms with Crippen LogP contribution in [0.5, 0.6) is 0 Å².